The van der Waals surface area contributed by atoms with Gasteiger partial charge < -0.3 is 4.74 Å². The van der Waals surface area contributed by atoms with Crippen LogP contribution in [0.15, 0.2) is 42.6 Å². The molecule has 0 aliphatic rings. The van der Waals surface area contributed by atoms with Gasteiger partial charge in [0.15, 0.2) is 0 Å². The number of nitriles is 1. The van der Waals surface area contributed by atoms with Crippen LogP contribution in [0, 0.1) is 11.3 Å². The summed E-state index contributed by atoms with van der Waals surface area (Å²) in [6, 6.07) is 13.1. The van der Waals surface area contributed by atoms with E-state index in [2.05, 4.69) is 9.97 Å². The summed E-state index contributed by atoms with van der Waals surface area (Å²) in [5.74, 6) is 0.939. The van der Waals surface area contributed by atoms with Gasteiger partial charge in [0.05, 0.1) is 5.69 Å². The summed E-state index contributed by atoms with van der Waals surface area (Å²) in [5, 5.41) is 8.63. The highest BCUT2D eigenvalue weighted by Crippen LogP contribution is 2.10. The number of hydrogen-bond donors (Lipinski definition) is 0. The molecule has 0 atom stereocenters. The lowest BCUT2D eigenvalue weighted by Gasteiger charge is -2.04. The van der Waals surface area contributed by atoms with Gasteiger partial charge in [-0.2, -0.15) is 5.26 Å². The molecule has 1 aromatic heterocycles. The number of para-hydroxylation sites is 1. The highest BCUT2D eigenvalue weighted by molar-refractivity contribution is 5.21. The van der Waals surface area contributed by atoms with Crippen molar-refractivity contribution >= 4 is 0 Å². The Balaban J connectivity index is 2.03. The standard InChI is InChI=1S/C12H9N3O/c13-8-12-14-7-6-10(15-12)9-16-11-4-2-1-3-5-11/h1-7H,9H2. The number of nitrogens with zero attached hydrogens (tertiary/aromatic N) is 3. The van der Waals surface area contributed by atoms with Crippen LogP contribution in [-0.2, 0) is 6.61 Å². The van der Waals surface area contributed by atoms with E-state index in [-0.39, 0.29) is 5.82 Å². The zero-order valence-corrected chi connectivity index (χ0v) is 8.50. The molecule has 0 N–H and O–H groups in total. The fraction of sp³-hybridized carbons (Fsp3) is 0.0833. The monoisotopic (exact) mass is 211 g/mol. The molecule has 4 heteroatoms. The lowest BCUT2D eigenvalue weighted by atomic mass is 10.3. The van der Waals surface area contributed by atoms with E-state index in [0.29, 0.717) is 12.3 Å². The maximum atomic E-state index is 8.63. The first-order valence-electron chi connectivity index (χ1n) is 4.78. The number of benzene rings is 1. The molecular weight excluding hydrogens is 202 g/mol. The van der Waals surface area contributed by atoms with Crippen LogP contribution in [0.25, 0.3) is 0 Å². The fourth-order valence-corrected chi connectivity index (χ4v) is 1.20. The Hall–Kier alpha value is -2.41. The number of hydrogen-bond acceptors (Lipinski definition) is 4. The summed E-state index contributed by atoms with van der Waals surface area (Å²) in [7, 11) is 0. The Morgan fingerprint density at radius 2 is 2.00 bits per heavy atom. The van der Waals surface area contributed by atoms with Gasteiger partial charge in [-0.3, -0.25) is 0 Å². The first kappa shape index (κ1) is 10.1. The average Bonchev–Trinajstić information content (AvgIpc) is 2.38. The quantitative estimate of drug-likeness (QED) is 0.778. The van der Waals surface area contributed by atoms with Crippen molar-refractivity contribution in [3.63, 3.8) is 0 Å². The summed E-state index contributed by atoms with van der Waals surface area (Å²) in [5.41, 5.74) is 0.690. The molecule has 0 radical (unpaired) electrons. The van der Waals surface area contributed by atoms with E-state index in [1.807, 2.05) is 36.4 Å². The second-order valence-corrected chi connectivity index (χ2v) is 3.09. The fourth-order valence-electron chi connectivity index (χ4n) is 1.20. The maximum absolute atomic E-state index is 8.63. The third kappa shape index (κ3) is 2.55. The second kappa shape index (κ2) is 4.89. The van der Waals surface area contributed by atoms with Crippen molar-refractivity contribution in [1.29, 1.82) is 5.26 Å². The lowest BCUT2D eigenvalue weighted by Crippen LogP contribution is -2.00. The molecule has 0 bridgehead atoms. The smallest absolute Gasteiger partial charge is 0.232 e. The molecule has 1 aromatic carbocycles. The van der Waals surface area contributed by atoms with Crippen molar-refractivity contribution in [2.24, 2.45) is 0 Å². The zero-order chi connectivity index (χ0) is 11.2. The predicted molar refractivity (Wildman–Crippen MR) is 57.5 cm³/mol. The molecule has 78 valence electrons. The van der Waals surface area contributed by atoms with Crippen LogP contribution in [0.5, 0.6) is 5.75 Å². The van der Waals surface area contributed by atoms with Crippen molar-refractivity contribution in [2.75, 3.05) is 0 Å². The van der Waals surface area contributed by atoms with Crippen molar-refractivity contribution in [2.45, 2.75) is 6.61 Å². The Bertz CT molecular complexity index is 505. The normalized spacial score (nSPS) is 9.44. The third-order valence-electron chi connectivity index (χ3n) is 1.94. The zero-order valence-electron chi connectivity index (χ0n) is 8.50. The summed E-state index contributed by atoms with van der Waals surface area (Å²) in [6.07, 6.45) is 1.55. The molecule has 2 rings (SSSR count). The van der Waals surface area contributed by atoms with Crippen LogP contribution in [0.2, 0.25) is 0 Å². The Kier molecular flexibility index (Phi) is 3.10. The third-order valence-corrected chi connectivity index (χ3v) is 1.94. The van der Waals surface area contributed by atoms with Gasteiger partial charge in [-0.1, -0.05) is 18.2 Å². The number of aromatic nitrogens is 2. The van der Waals surface area contributed by atoms with E-state index in [1.165, 1.54) is 0 Å². The largest absolute Gasteiger partial charge is 0.487 e. The van der Waals surface area contributed by atoms with Crippen LogP contribution >= 0.6 is 0 Å². The molecule has 0 unspecified atom stereocenters. The van der Waals surface area contributed by atoms with E-state index in [9.17, 15) is 0 Å². The van der Waals surface area contributed by atoms with Crippen LogP contribution in [0.3, 0.4) is 0 Å². The molecule has 0 amide bonds. The topological polar surface area (TPSA) is 58.8 Å². The van der Waals surface area contributed by atoms with E-state index in [0.717, 1.165) is 5.75 Å². The molecule has 0 saturated heterocycles. The number of ether oxygens (including phenoxy) is 1. The van der Waals surface area contributed by atoms with Gasteiger partial charge in [-0.05, 0) is 18.2 Å². The average molecular weight is 211 g/mol. The van der Waals surface area contributed by atoms with E-state index in [1.54, 1.807) is 12.3 Å². The van der Waals surface area contributed by atoms with E-state index in [4.69, 9.17) is 10.00 Å². The van der Waals surface area contributed by atoms with Gasteiger partial charge in [0.2, 0.25) is 5.82 Å². The molecule has 0 spiro atoms. The van der Waals surface area contributed by atoms with Gasteiger partial charge in [0.1, 0.15) is 18.4 Å². The van der Waals surface area contributed by atoms with Gasteiger partial charge >= 0.3 is 0 Å². The molecule has 0 saturated carbocycles. The first-order valence-corrected chi connectivity index (χ1v) is 4.78. The summed E-state index contributed by atoms with van der Waals surface area (Å²) in [6.45, 7) is 0.335. The van der Waals surface area contributed by atoms with Gasteiger partial charge in [0.25, 0.3) is 0 Å². The lowest BCUT2D eigenvalue weighted by molar-refractivity contribution is 0.301. The predicted octanol–water partition coefficient (Wildman–Crippen LogP) is 1.93. The van der Waals surface area contributed by atoms with Crippen LogP contribution < -0.4 is 4.74 Å². The second-order valence-electron chi connectivity index (χ2n) is 3.09. The van der Waals surface area contributed by atoms with Crippen molar-refractivity contribution < 1.29 is 4.74 Å². The minimum absolute atomic E-state index is 0.161. The summed E-state index contributed by atoms with van der Waals surface area (Å²) in [4.78, 5) is 7.79. The van der Waals surface area contributed by atoms with Gasteiger partial charge in [-0.15, -0.1) is 0 Å². The van der Waals surface area contributed by atoms with Crippen LogP contribution in [-0.4, -0.2) is 9.97 Å². The molecule has 16 heavy (non-hydrogen) atoms. The Morgan fingerprint density at radius 3 is 2.75 bits per heavy atom. The molecule has 2 aromatic rings. The highest BCUT2D eigenvalue weighted by Gasteiger charge is 1.99. The summed E-state index contributed by atoms with van der Waals surface area (Å²) >= 11 is 0. The minimum atomic E-state index is 0.161. The molecule has 1 heterocycles. The Labute approximate surface area is 93.2 Å². The summed E-state index contributed by atoms with van der Waals surface area (Å²) < 4.78 is 5.49. The molecule has 0 aliphatic heterocycles. The van der Waals surface area contributed by atoms with Crippen LogP contribution in [0.1, 0.15) is 11.5 Å². The SMILES string of the molecule is N#Cc1nccc(COc2ccccc2)n1. The maximum Gasteiger partial charge on any atom is 0.232 e. The van der Waals surface area contributed by atoms with Crippen LogP contribution in [0.4, 0.5) is 0 Å². The van der Waals surface area contributed by atoms with Crippen molar-refractivity contribution in [3.8, 4) is 11.8 Å². The van der Waals surface area contributed by atoms with Gasteiger partial charge in [-0.25, -0.2) is 9.97 Å². The van der Waals surface area contributed by atoms with Gasteiger partial charge in [0, 0.05) is 6.20 Å². The highest BCUT2D eigenvalue weighted by atomic mass is 16.5. The van der Waals surface area contributed by atoms with E-state index < -0.39 is 0 Å². The first-order chi connectivity index (χ1) is 7.88. The van der Waals surface area contributed by atoms with E-state index >= 15 is 0 Å². The number of rotatable bonds is 3. The molecule has 0 fully saturated rings. The molecular formula is C12H9N3O. The van der Waals surface area contributed by atoms with Crippen molar-refractivity contribution in [3.05, 3.63) is 54.1 Å². The molecule has 0 aliphatic carbocycles. The van der Waals surface area contributed by atoms with Crippen molar-refractivity contribution in [1.82, 2.24) is 9.97 Å². The Morgan fingerprint density at radius 1 is 1.19 bits per heavy atom. The minimum Gasteiger partial charge on any atom is -0.487 e. The molecule has 4 nitrogen and oxygen atoms in total.